The SMILES string of the molecule is CCCCCC(C)n1nnnc1-c1cccc(N)c1. The minimum atomic E-state index is 0.304. The van der Waals surface area contributed by atoms with Crippen molar-refractivity contribution in [2.45, 2.75) is 45.6 Å². The van der Waals surface area contributed by atoms with Crippen molar-refractivity contribution in [2.75, 3.05) is 5.73 Å². The van der Waals surface area contributed by atoms with Gasteiger partial charge in [-0.3, -0.25) is 0 Å². The van der Waals surface area contributed by atoms with Gasteiger partial charge in [-0.25, -0.2) is 4.68 Å². The lowest BCUT2D eigenvalue weighted by Crippen LogP contribution is -2.09. The summed E-state index contributed by atoms with van der Waals surface area (Å²) >= 11 is 0. The zero-order chi connectivity index (χ0) is 13.7. The molecule has 19 heavy (non-hydrogen) atoms. The summed E-state index contributed by atoms with van der Waals surface area (Å²) in [5.41, 5.74) is 7.50. The molecule has 2 rings (SSSR count). The largest absolute Gasteiger partial charge is 0.399 e. The van der Waals surface area contributed by atoms with Gasteiger partial charge in [-0.2, -0.15) is 0 Å². The van der Waals surface area contributed by atoms with Crippen LogP contribution in [0.25, 0.3) is 11.4 Å². The van der Waals surface area contributed by atoms with Crippen LogP contribution in [0.4, 0.5) is 5.69 Å². The molecule has 0 aliphatic heterocycles. The molecule has 0 aliphatic rings. The first-order valence-corrected chi connectivity index (χ1v) is 6.86. The average Bonchev–Trinajstić information content (AvgIpc) is 2.88. The molecule has 5 nitrogen and oxygen atoms in total. The number of hydrogen-bond donors (Lipinski definition) is 1. The van der Waals surface area contributed by atoms with E-state index >= 15 is 0 Å². The van der Waals surface area contributed by atoms with Crippen LogP contribution in [0.1, 0.15) is 45.6 Å². The Morgan fingerprint density at radius 2 is 2.16 bits per heavy atom. The summed E-state index contributed by atoms with van der Waals surface area (Å²) in [4.78, 5) is 0. The van der Waals surface area contributed by atoms with Crippen molar-refractivity contribution >= 4 is 5.69 Å². The van der Waals surface area contributed by atoms with Crippen LogP contribution in [0.2, 0.25) is 0 Å². The maximum Gasteiger partial charge on any atom is 0.182 e. The molecule has 1 heterocycles. The van der Waals surface area contributed by atoms with Crippen molar-refractivity contribution in [1.29, 1.82) is 0 Å². The van der Waals surface area contributed by atoms with Gasteiger partial charge in [0, 0.05) is 11.3 Å². The fourth-order valence-corrected chi connectivity index (χ4v) is 2.17. The fourth-order valence-electron chi connectivity index (χ4n) is 2.17. The molecule has 1 atom stereocenters. The van der Waals surface area contributed by atoms with Gasteiger partial charge in [-0.1, -0.05) is 38.3 Å². The van der Waals surface area contributed by atoms with Gasteiger partial charge in [0.2, 0.25) is 0 Å². The number of unbranched alkanes of at least 4 members (excludes halogenated alkanes) is 2. The Kier molecular flexibility index (Phi) is 4.49. The maximum atomic E-state index is 5.81. The minimum absolute atomic E-state index is 0.304. The Balaban J connectivity index is 2.17. The molecule has 102 valence electrons. The molecule has 0 aliphatic carbocycles. The first-order valence-electron chi connectivity index (χ1n) is 6.86. The molecule has 0 spiro atoms. The fraction of sp³-hybridized carbons (Fsp3) is 0.500. The minimum Gasteiger partial charge on any atom is -0.399 e. The molecule has 2 aromatic rings. The molecular weight excluding hydrogens is 238 g/mol. The van der Waals surface area contributed by atoms with Gasteiger partial charge in [0.15, 0.2) is 5.82 Å². The zero-order valence-electron chi connectivity index (χ0n) is 11.6. The molecule has 0 bridgehead atoms. The van der Waals surface area contributed by atoms with Crippen LogP contribution in [-0.2, 0) is 0 Å². The lowest BCUT2D eigenvalue weighted by atomic mass is 10.1. The van der Waals surface area contributed by atoms with Crippen molar-refractivity contribution in [1.82, 2.24) is 20.2 Å². The quantitative estimate of drug-likeness (QED) is 0.639. The molecule has 1 aromatic heterocycles. The van der Waals surface area contributed by atoms with Gasteiger partial charge >= 0.3 is 0 Å². The van der Waals surface area contributed by atoms with E-state index in [0.29, 0.717) is 6.04 Å². The van der Waals surface area contributed by atoms with E-state index in [1.165, 1.54) is 19.3 Å². The van der Waals surface area contributed by atoms with Crippen LogP contribution >= 0.6 is 0 Å². The van der Waals surface area contributed by atoms with Crippen LogP contribution in [0, 0.1) is 0 Å². The first kappa shape index (κ1) is 13.5. The molecule has 0 radical (unpaired) electrons. The van der Waals surface area contributed by atoms with E-state index in [1.807, 2.05) is 28.9 Å². The summed E-state index contributed by atoms with van der Waals surface area (Å²) < 4.78 is 1.89. The van der Waals surface area contributed by atoms with E-state index in [0.717, 1.165) is 23.5 Å². The third kappa shape index (κ3) is 3.30. The first-order chi connectivity index (χ1) is 9.22. The van der Waals surface area contributed by atoms with Crippen LogP contribution < -0.4 is 5.73 Å². The van der Waals surface area contributed by atoms with Gasteiger partial charge in [-0.15, -0.1) is 5.10 Å². The van der Waals surface area contributed by atoms with Crippen LogP contribution in [0.5, 0.6) is 0 Å². The molecule has 0 saturated carbocycles. The molecule has 5 heteroatoms. The van der Waals surface area contributed by atoms with Crippen LogP contribution in [-0.4, -0.2) is 20.2 Å². The Morgan fingerprint density at radius 1 is 1.32 bits per heavy atom. The Hall–Kier alpha value is -1.91. The predicted molar refractivity (Wildman–Crippen MR) is 76.5 cm³/mol. The van der Waals surface area contributed by atoms with Gasteiger partial charge in [-0.05, 0) is 35.9 Å². The summed E-state index contributed by atoms with van der Waals surface area (Å²) in [5, 5.41) is 12.0. The highest BCUT2D eigenvalue weighted by Crippen LogP contribution is 2.23. The van der Waals surface area contributed by atoms with E-state index in [-0.39, 0.29) is 0 Å². The molecule has 1 aromatic carbocycles. The maximum absolute atomic E-state index is 5.81. The molecule has 1 unspecified atom stereocenters. The summed E-state index contributed by atoms with van der Waals surface area (Å²) in [5.74, 6) is 0.788. The molecule has 0 saturated heterocycles. The van der Waals surface area contributed by atoms with Crippen molar-refractivity contribution in [3.63, 3.8) is 0 Å². The second-order valence-corrected chi connectivity index (χ2v) is 4.92. The third-order valence-electron chi connectivity index (χ3n) is 3.28. The summed E-state index contributed by atoms with van der Waals surface area (Å²) in [7, 11) is 0. The van der Waals surface area contributed by atoms with E-state index in [1.54, 1.807) is 0 Å². The third-order valence-corrected chi connectivity index (χ3v) is 3.28. The molecule has 2 N–H and O–H groups in total. The standard InChI is InChI=1S/C14H21N5/c1-3-4-5-7-11(2)19-14(16-17-18-19)12-8-6-9-13(15)10-12/h6,8-11H,3-5,7,15H2,1-2H3. The lowest BCUT2D eigenvalue weighted by Gasteiger charge is -2.13. The summed E-state index contributed by atoms with van der Waals surface area (Å²) in [6, 6.07) is 7.98. The highest BCUT2D eigenvalue weighted by molar-refractivity contribution is 5.60. The van der Waals surface area contributed by atoms with Crippen molar-refractivity contribution in [3.8, 4) is 11.4 Å². The number of aromatic nitrogens is 4. The van der Waals surface area contributed by atoms with Gasteiger partial charge in [0.1, 0.15) is 0 Å². The van der Waals surface area contributed by atoms with Crippen LogP contribution in [0.15, 0.2) is 24.3 Å². The molecular formula is C14H21N5. The number of anilines is 1. The number of nitrogens with two attached hydrogens (primary N) is 1. The summed E-state index contributed by atoms with van der Waals surface area (Å²) in [6.45, 7) is 4.36. The normalized spacial score (nSPS) is 12.5. The molecule has 0 fully saturated rings. The number of nitrogens with zero attached hydrogens (tertiary/aromatic N) is 4. The zero-order valence-corrected chi connectivity index (χ0v) is 11.6. The summed E-state index contributed by atoms with van der Waals surface area (Å²) in [6.07, 6.45) is 4.77. The number of nitrogen functional groups attached to an aromatic ring is 1. The van der Waals surface area contributed by atoms with Crippen molar-refractivity contribution in [2.24, 2.45) is 0 Å². The van der Waals surface area contributed by atoms with Crippen molar-refractivity contribution < 1.29 is 0 Å². The second kappa shape index (κ2) is 6.31. The van der Waals surface area contributed by atoms with E-state index in [4.69, 9.17) is 5.73 Å². The highest BCUT2D eigenvalue weighted by Gasteiger charge is 2.14. The van der Waals surface area contributed by atoms with E-state index in [9.17, 15) is 0 Å². The van der Waals surface area contributed by atoms with Crippen LogP contribution in [0.3, 0.4) is 0 Å². The monoisotopic (exact) mass is 259 g/mol. The van der Waals surface area contributed by atoms with Gasteiger partial charge in [0.05, 0.1) is 6.04 Å². The highest BCUT2D eigenvalue weighted by atomic mass is 15.5. The van der Waals surface area contributed by atoms with Gasteiger partial charge in [0.25, 0.3) is 0 Å². The second-order valence-electron chi connectivity index (χ2n) is 4.92. The smallest absolute Gasteiger partial charge is 0.182 e. The number of benzene rings is 1. The number of tetrazole rings is 1. The lowest BCUT2D eigenvalue weighted by molar-refractivity contribution is 0.432. The van der Waals surface area contributed by atoms with Gasteiger partial charge < -0.3 is 5.73 Å². The predicted octanol–water partition coefficient (Wildman–Crippen LogP) is 3.06. The molecule has 0 amide bonds. The number of hydrogen-bond acceptors (Lipinski definition) is 4. The Bertz CT molecular complexity index is 520. The number of rotatable bonds is 6. The Morgan fingerprint density at radius 3 is 2.89 bits per heavy atom. The Labute approximate surface area is 113 Å². The topological polar surface area (TPSA) is 69.6 Å². The van der Waals surface area contributed by atoms with E-state index < -0.39 is 0 Å². The van der Waals surface area contributed by atoms with Crippen molar-refractivity contribution in [3.05, 3.63) is 24.3 Å². The van der Waals surface area contributed by atoms with E-state index in [2.05, 4.69) is 29.4 Å². The average molecular weight is 259 g/mol.